The number of pyridine rings is 1. The Morgan fingerprint density at radius 3 is 2.42 bits per heavy atom. The maximum atomic E-state index is 11.6. The lowest BCUT2D eigenvalue weighted by Gasteiger charge is -2.27. The maximum Gasteiger partial charge on any atom is 0.163 e. The highest BCUT2D eigenvalue weighted by Gasteiger charge is 2.19. The molecule has 1 aliphatic heterocycles. The van der Waals surface area contributed by atoms with Crippen molar-refractivity contribution in [2.24, 2.45) is 0 Å². The van der Waals surface area contributed by atoms with Crippen molar-refractivity contribution in [1.82, 2.24) is 15.0 Å². The van der Waals surface area contributed by atoms with Crippen molar-refractivity contribution in [3.05, 3.63) is 59.9 Å². The van der Waals surface area contributed by atoms with E-state index in [2.05, 4.69) is 9.88 Å². The summed E-state index contributed by atoms with van der Waals surface area (Å²) in [5, 5.41) is 0.685. The van der Waals surface area contributed by atoms with Gasteiger partial charge >= 0.3 is 0 Å². The fourth-order valence-electron chi connectivity index (χ4n) is 2.97. The van der Waals surface area contributed by atoms with Crippen LogP contribution in [-0.2, 0) is 4.79 Å². The number of aromatic nitrogens is 3. The maximum absolute atomic E-state index is 11.6. The SMILES string of the molecule is O=C1CCN(c2cc(-c3ccc(Cl)cc3)nc(-c3cccnc3)n2)CC1. The number of benzene rings is 1. The van der Waals surface area contributed by atoms with Gasteiger partial charge in [-0.3, -0.25) is 9.78 Å². The van der Waals surface area contributed by atoms with Crippen LogP contribution in [0.5, 0.6) is 0 Å². The third-order valence-corrected chi connectivity index (χ3v) is 4.67. The van der Waals surface area contributed by atoms with Crippen LogP contribution in [0.3, 0.4) is 0 Å². The van der Waals surface area contributed by atoms with Gasteiger partial charge in [0.05, 0.1) is 5.69 Å². The number of anilines is 1. The van der Waals surface area contributed by atoms with Crippen molar-refractivity contribution < 1.29 is 4.79 Å². The van der Waals surface area contributed by atoms with Gasteiger partial charge in [-0.25, -0.2) is 9.97 Å². The summed E-state index contributed by atoms with van der Waals surface area (Å²) >= 11 is 6.01. The average Bonchev–Trinajstić information content (AvgIpc) is 2.69. The number of rotatable bonds is 3. The van der Waals surface area contributed by atoms with Crippen LogP contribution in [0.25, 0.3) is 22.6 Å². The summed E-state index contributed by atoms with van der Waals surface area (Å²) in [6, 6.07) is 13.4. The van der Waals surface area contributed by atoms with Crippen LogP contribution in [0, 0.1) is 0 Å². The topological polar surface area (TPSA) is 59.0 Å². The monoisotopic (exact) mass is 364 g/mol. The van der Waals surface area contributed by atoms with Crippen LogP contribution in [0.15, 0.2) is 54.9 Å². The van der Waals surface area contributed by atoms with Gasteiger partial charge in [-0.1, -0.05) is 23.7 Å². The summed E-state index contributed by atoms with van der Waals surface area (Å²) in [4.78, 5) is 27.3. The van der Waals surface area contributed by atoms with Crippen molar-refractivity contribution in [3.8, 4) is 22.6 Å². The molecule has 1 fully saturated rings. The predicted molar refractivity (Wildman–Crippen MR) is 102 cm³/mol. The van der Waals surface area contributed by atoms with Gasteiger partial charge < -0.3 is 4.90 Å². The Balaban J connectivity index is 1.79. The fraction of sp³-hybridized carbons (Fsp3) is 0.200. The molecule has 3 heterocycles. The second-order valence-electron chi connectivity index (χ2n) is 6.21. The highest BCUT2D eigenvalue weighted by molar-refractivity contribution is 6.30. The minimum Gasteiger partial charge on any atom is -0.356 e. The van der Waals surface area contributed by atoms with Crippen LogP contribution < -0.4 is 4.90 Å². The molecule has 0 aliphatic carbocycles. The molecule has 26 heavy (non-hydrogen) atoms. The van der Waals surface area contributed by atoms with E-state index < -0.39 is 0 Å². The zero-order valence-corrected chi connectivity index (χ0v) is 14.9. The van der Waals surface area contributed by atoms with E-state index in [1.165, 1.54) is 0 Å². The summed E-state index contributed by atoms with van der Waals surface area (Å²) in [5.74, 6) is 1.76. The summed E-state index contributed by atoms with van der Waals surface area (Å²) in [7, 11) is 0. The number of hydrogen-bond acceptors (Lipinski definition) is 5. The highest BCUT2D eigenvalue weighted by atomic mass is 35.5. The van der Waals surface area contributed by atoms with E-state index in [1.807, 2.05) is 42.5 Å². The van der Waals surface area contributed by atoms with Crippen molar-refractivity contribution >= 4 is 23.2 Å². The third kappa shape index (κ3) is 3.58. The van der Waals surface area contributed by atoms with E-state index in [0.717, 1.165) is 22.6 Å². The lowest BCUT2D eigenvalue weighted by atomic mass is 10.1. The molecule has 0 unspecified atom stereocenters. The molecule has 1 aliphatic rings. The zero-order chi connectivity index (χ0) is 17.9. The van der Waals surface area contributed by atoms with Crippen molar-refractivity contribution in [2.75, 3.05) is 18.0 Å². The van der Waals surface area contributed by atoms with Crippen molar-refractivity contribution in [3.63, 3.8) is 0 Å². The molecule has 2 aromatic heterocycles. The third-order valence-electron chi connectivity index (χ3n) is 4.42. The predicted octanol–water partition coefficient (Wildman–Crippen LogP) is 4.03. The quantitative estimate of drug-likeness (QED) is 0.702. The number of carbonyl (C=O) groups is 1. The second-order valence-corrected chi connectivity index (χ2v) is 6.65. The van der Waals surface area contributed by atoms with E-state index in [9.17, 15) is 4.79 Å². The number of halogens is 1. The first-order valence-electron chi connectivity index (χ1n) is 8.51. The van der Waals surface area contributed by atoms with Crippen LogP contribution in [0.1, 0.15) is 12.8 Å². The summed E-state index contributed by atoms with van der Waals surface area (Å²) in [6.07, 6.45) is 4.60. The molecule has 6 heteroatoms. The Kier molecular flexibility index (Phi) is 4.63. The molecule has 3 aromatic rings. The van der Waals surface area contributed by atoms with Gasteiger partial charge in [0.15, 0.2) is 5.82 Å². The molecule has 130 valence electrons. The Labute approximate surface area is 156 Å². The molecule has 0 radical (unpaired) electrons. The number of hydrogen-bond donors (Lipinski definition) is 0. The number of carbonyl (C=O) groups excluding carboxylic acids is 1. The van der Waals surface area contributed by atoms with Gasteiger partial charge in [0.1, 0.15) is 11.6 Å². The molecule has 5 nitrogen and oxygen atoms in total. The van der Waals surface area contributed by atoms with Crippen LogP contribution in [-0.4, -0.2) is 33.8 Å². The second kappa shape index (κ2) is 7.22. The van der Waals surface area contributed by atoms with Gasteiger partial charge in [-0.2, -0.15) is 0 Å². The van der Waals surface area contributed by atoms with Crippen LogP contribution >= 0.6 is 11.6 Å². The molecular weight excluding hydrogens is 348 g/mol. The summed E-state index contributed by atoms with van der Waals surface area (Å²) in [5.41, 5.74) is 2.65. The van der Waals surface area contributed by atoms with Crippen LogP contribution in [0.2, 0.25) is 5.02 Å². The number of Topliss-reactive ketones (excluding diaryl/α,β-unsaturated/α-hetero) is 1. The highest BCUT2D eigenvalue weighted by Crippen LogP contribution is 2.27. The molecule has 1 saturated heterocycles. The molecule has 0 bridgehead atoms. The van der Waals surface area contributed by atoms with E-state index in [-0.39, 0.29) is 0 Å². The Morgan fingerprint density at radius 1 is 0.962 bits per heavy atom. The number of piperidine rings is 1. The molecule has 0 saturated carbocycles. The van der Waals surface area contributed by atoms with E-state index in [4.69, 9.17) is 21.6 Å². The standard InChI is InChI=1S/C20H17ClN4O/c21-16-5-3-14(4-6-16)18-12-19(25-10-7-17(26)8-11-25)24-20(23-18)15-2-1-9-22-13-15/h1-6,9,12-13H,7-8,10-11H2. The average molecular weight is 365 g/mol. The van der Waals surface area contributed by atoms with E-state index in [0.29, 0.717) is 42.6 Å². The first-order valence-corrected chi connectivity index (χ1v) is 8.89. The summed E-state index contributed by atoms with van der Waals surface area (Å²) < 4.78 is 0. The van der Waals surface area contributed by atoms with Gasteiger partial charge in [-0.05, 0) is 24.3 Å². The minimum atomic E-state index is 0.306. The molecule has 0 spiro atoms. The molecule has 0 amide bonds. The number of nitrogens with zero attached hydrogens (tertiary/aromatic N) is 4. The van der Waals surface area contributed by atoms with Gasteiger partial charge in [0.25, 0.3) is 0 Å². The molecular formula is C20H17ClN4O. The molecule has 4 rings (SSSR count). The van der Waals surface area contributed by atoms with E-state index >= 15 is 0 Å². The van der Waals surface area contributed by atoms with Gasteiger partial charge in [-0.15, -0.1) is 0 Å². The van der Waals surface area contributed by atoms with E-state index in [1.54, 1.807) is 12.4 Å². The molecule has 1 aromatic carbocycles. The lowest BCUT2D eigenvalue weighted by molar-refractivity contribution is -0.119. The zero-order valence-electron chi connectivity index (χ0n) is 14.1. The molecule has 0 atom stereocenters. The first kappa shape index (κ1) is 16.7. The van der Waals surface area contributed by atoms with Crippen LogP contribution in [0.4, 0.5) is 5.82 Å². The Bertz CT molecular complexity index is 918. The van der Waals surface area contributed by atoms with Crippen molar-refractivity contribution in [1.29, 1.82) is 0 Å². The van der Waals surface area contributed by atoms with Gasteiger partial charge in [0.2, 0.25) is 0 Å². The lowest BCUT2D eigenvalue weighted by Crippen LogP contribution is -2.34. The largest absolute Gasteiger partial charge is 0.356 e. The molecule has 0 N–H and O–H groups in total. The summed E-state index contributed by atoms with van der Waals surface area (Å²) in [6.45, 7) is 1.37. The van der Waals surface area contributed by atoms with Crippen molar-refractivity contribution in [2.45, 2.75) is 12.8 Å². The fourth-order valence-corrected chi connectivity index (χ4v) is 3.10. The van der Waals surface area contributed by atoms with Gasteiger partial charge in [0, 0.05) is 60.5 Å². The normalized spacial score (nSPS) is 14.5. The smallest absolute Gasteiger partial charge is 0.163 e. The minimum absolute atomic E-state index is 0.306. The Hall–Kier alpha value is -2.79. The first-order chi connectivity index (χ1) is 12.7. The Morgan fingerprint density at radius 2 is 1.73 bits per heavy atom. The number of ketones is 1.